The normalized spacial score (nSPS) is 10.7. The number of carbonyl (C=O) groups excluding carboxylic acids is 2. The van der Waals surface area contributed by atoms with Crippen molar-refractivity contribution in [2.45, 2.75) is 13.8 Å². The molecule has 39 heavy (non-hydrogen) atoms. The van der Waals surface area contributed by atoms with E-state index in [0.717, 1.165) is 0 Å². The summed E-state index contributed by atoms with van der Waals surface area (Å²) in [6.07, 6.45) is 1.43. The number of amides is 2. The van der Waals surface area contributed by atoms with Crippen LogP contribution in [-0.2, 0) is 11.8 Å². The molecule has 4 rings (SSSR count). The van der Waals surface area contributed by atoms with Crippen LogP contribution in [-0.4, -0.2) is 50.5 Å². The smallest absolute Gasteiger partial charge is 0.350 e. The van der Waals surface area contributed by atoms with E-state index in [9.17, 15) is 14.4 Å². The molecule has 4 N–H and O–H groups in total. The lowest BCUT2D eigenvalue weighted by atomic mass is 9.99. The summed E-state index contributed by atoms with van der Waals surface area (Å²) >= 11 is 0. The minimum atomic E-state index is -0.853. The highest BCUT2D eigenvalue weighted by Crippen LogP contribution is 2.30. The largest absolute Gasteiger partial charge is 0.385 e. The molecule has 0 saturated carbocycles. The zero-order valence-electron chi connectivity index (χ0n) is 21.8. The van der Waals surface area contributed by atoms with Gasteiger partial charge >= 0.3 is 5.69 Å². The van der Waals surface area contributed by atoms with Gasteiger partial charge in [0.15, 0.2) is 0 Å². The third kappa shape index (κ3) is 5.30. The number of aryl methyl sites for hydroxylation is 2. The molecule has 200 valence electrons. The Morgan fingerprint density at radius 3 is 2.51 bits per heavy atom. The molecule has 0 bridgehead atoms. The maximum Gasteiger partial charge on any atom is 0.350 e. The summed E-state index contributed by atoms with van der Waals surface area (Å²) in [5.41, 5.74) is 0.495. The van der Waals surface area contributed by atoms with Gasteiger partial charge in [0.1, 0.15) is 17.4 Å². The predicted molar refractivity (Wildman–Crippen MR) is 146 cm³/mol. The summed E-state index contributed by atoms with van der Waals surface area (Å²) in [6.45, 7) is 3.93. The number of nitrogens with one attached hydrogen (secondary N) is 4. The third-order valence-corrected chi connectivity index (χ3v) is 5.96. The molecule has 0 aliphatic heterocycles. The van der Waals surface area contributed by atoms with E-state index in [1.54, 1.807) is 50.4 Å². The van der Waals surface area contributed by atoms with Gasteiger partial charge in [0, 0.05) is 43.1 Å². The van der Waals surface area contributed by atoms with Gasteiger partial charge in [-0.05, 0) is 56.3 Å². The van der Waals surface area contributed by atoms with E-state index in [4.69, 9.17) is 5.41 Å². The lowest BCUT2D eigenvalue weighted by Gasteiger charge is -2.16. The second-order valence-corrected chi connectivity index (χ2v) is 8.56. The highest BCUT2D eigenvalue weighted by atomic mass is 19.1. The Balaban J connectivity index is 1.68. The number of halogens is 1. The van der Waals surface area contributed by atoms with Crippen molar-refractivity contribution in [1.29, 1.82) is 5.41 Å². The monoisotopic (exact) mass is 530 g/mol. The molecule has 0 aliphatic carbocycles. The number of hydrogen-bond donors (Lipinski definition) is 4. The molecule has 0 spiro atoms. The summed E-state index contributed by atoms with van der Waals surface area (Å²) in [5, 5.41) is 20.7. The van der Waals surface area contributed by atoms with Crippen molar-refractivity contribution in [1.82, 2.24) is 24.6 Å². The van der Waals surface area contributed by atoms with E-state index in [1.165, 1.54) is 34.6 Å². The molecule has 2 heterocycles. The maximum absolute atomic E-state index is 15.9. The Bertz CT molecular complexity index is 1640. The van der Waals surface area contributed by atoms with Gasteiger partial charge in [-0.2, -0.15) is 5.10 Å². The molecule has 4 aromatic rings. The zero-order valence-corrected chi connectivity index (χ0v) is 21.8. The Labute approximate surface area is 223 Å². The van der Waals surface area contributed by atoms with E-state index in [0.29, 0.717) is 23.6 Å². The standard InChI is InChI=1S/C27H27FN8O3/c1-5-31-21-12-10-19(20-11-9-18(14-32-20)36-15(2)34-35(4)27(36)39)23(28)22(21)24(29)26(38)33-17-8-6-7-16(13-17)25(37)30-3/h6-14,29,31H,5H2,1-4H3,(H,30,37)(H,33,38). The first-order valence-electron chi connectivity index (χ1n) is 12.0. The van der Waals surface area contributed by atoms with E-state index in [-0.39, 0.29) is 39.8 Å². The van der Waals surface area contributed by atoms with Crippen molar-refractivity contribution < 1.29 is 14.0 Å². The Hall–Kier alpha value is -5.13. The molecule has 12 heteroatoms. The van der Waals surface area contributed by atoms with Crippen LogP contribution >= 0.6 is 0 Å². The lowest BCUT2D eigenvalue weighted by molar-refractivity contribution is -0.110. The fraction of sp³-hybridized carbons (Fsp3) is 0.185. The van der Waals surface area contributed by atoms with Crippen LogP contribution in [0.15, 0.2) is 59.5 Å². The van der Waals surface area contributed by atoms with Gasteiger partial charge in [-0.25, -0.2) is 18.4 Å². The molecule has 2 aromatic carbocycles. The van der Waals surface area contributed by atoms with Gasteiger partial charge in [0.25, 0.3) is 11.8 Å². The van der Waals surface area contributed by atoms with Crippen LogP contribution in [0.5, 0.6) is 0 Å². The summed E-state index contributed by atoms with van der Waals surface area (Å²) in [7, 11) is 3.03. The first-order valence-corrected chi connectivity index (χ1v) is 12.0. The number of benzene rings is 2. The lowest BCUT2D eigenvalue weighted by Crippen LogP contribution is -2.26. The van der Waals surface area contributed by atoms with Crippen LogP contribution in [0.2, 0.25) is 0 Å². The van der Waals surface area contributed by atoms with E-state index >= 15 is 4.39 Å². The van der Waals surface area contributed by atoms with Crippen LogP contribution in [0.3, 0.4) is 0 Å². The van der Waals surface area contributed by atoms with Crippen LogP contribution in [0.25, 0.3) is 16.9 Å². The molecule has 0 fully saturated rings. The number of anilines is 2. The minimum Gasteiger partial charge on any atom is -0.385 e. The average Bonchev–Trinajstić information content (AvgIpc) is 3.19. The van der Waals surface area contributed by atoms with Crippen molar-refractivity contribution in [2.75, 3.05) is 24.2 Å². The van der Waals surface area contributed by atoms with Crippen molar-refractivity contribution in [3.63, 3.8) is 0 Å². The van der Waals surface area contributed by atoms with E-state index in [1.807, 2.05) is 6.92 Å². The quantitative estimate of drug-likeness (QED) is 0.258. The predicted octanol–water partition coefficient (Wildman–Crippen LogP) is 2.88. The molecule has 11 nitrogen and oxygen atoms in total. The fourth-order valence-corrected chi connectivity index (χ4v) is 4.11. The van der Waals surface area contributed by atoms with Gasteiger partial charge in [-0.15, -0.1) is 0 Å². The molecule has 0 aliphatic rings. The molecule has 0 saturated heterocycles. The van der Waals surface area contributed by atoms with Crippen LogP contribution in [0.1, 0.15) is 28.7 Å². The van der Waals surface area contributed by atoms with Crippen molar-refractivity contribution in [2.24, 2.45) is 7.05 Å². The topological polar surface area (TPSA) is 147 Å². The summed E-state index contributed by atoms with van der Waals surface area (Å²) in [6, 6.07) is 12.5. The number of aromatic nitrogens is 4. The first-order chi connectivity index (χ1) is 18.7. The summed E-state index contributed by atoms with van der Waals surface area (Å²) in [4.78, 5) is 41.6. The summed E-state index contributed by atoms with van der Waals surface area (Å²) in [5.74, 6) is -1.52. The molecular weight excluding hydrogens is 503 g/mol. The second-order valence-electron chi connectivity index (χ2n) is 8.56. The van der Waals surface area contributed by atoms with Gasteiger partial charge < -0.3 is 16.0 Å². The van der Waals surface area contributed by atoms with E-state index < -0.39 is 17.4 Å². The van der Waals surface area contributed by atoms with Crippen LogP contribution in [0.4, 0.5) is 15.8 Å². The zero-order chi connectivity index (χ0) is 28.3. The SMILES string of the molecule is CCNc1ccc(-c2ccc(-n3c(C)nn(C)c3=O)cn2)c(F)c1C(=N)C(=O)Nc1cccc(C(=O)NC)c1. The number of pyridine rings is 1. The van der Waals surface area contributed by atoms with Crippen LogP contribution < -0.4 is 21.6 Å². The molecular formula is C27H27FN8O3. The van der Waals surface area contributed by atoms with Crippen molar-refractivity contribution in [3.8, 4) is 16.9 Å². The van der Waals surface area contributed by atoms with Gasteiger partial charge in [-0.3, -0.25) is 20.0 Å². The molecule has 0 atom stereocenters. The second kappa shape index (κ2) is 11.1. The first kappa shape index (κ1) is 26.9. The van der Waals surface area contributed by atoms with Crippen molar-refractivity contribution >= 4 is 28.9 Å². The van der Waals surface area contributed by atoms with Gasteiger partial charge in [0.05, 0.1) is 23.1 Å². The minimum absolute atomic E-state index is 0.0765. The number of rotatable bonds is 8. The molecule has 2 aromatic heterocycles. The maximum atomic E-state index is 15.9. The highest BCUT2D eigenvalue weighted by Gasteiger charge is 2.24. The number of hydrogen-bond acceptors (Lipinski definition) is 7. The van der Waals surface area contributed by atoms with Gasteiger partial charge in [-0.1, -0.05) is 6.07 Å². The number of nitrogens with zero attached hydrogens (tertiary/aromatic N) is 4. The molecule has 2 amide bonds. The van der Waals surface area contributed by atoms with Gasteiger partial charge in [0.2, 0.25) is 0 Å². The summed E-state index contributed by atoms with van der Waals surface area (Å²) < 4.78 is 18.5. The highest BCUT2D eigenvalue weighted by molar-refractivity contribution is 6.48. The Kier molecular flexibility index (Phi) is 7.65. The van der Waals surface area contributed by atoms with E-state index in [2.05, 4.69) is 26.0 Å². The third-order valence-electron chi connectivity index (χ3n) is 5.96. The van der Waals surface area contributed by atoms with Crippen molar-refractivity contribution in [3.05, 3.63) is 88.0 Å². The molecule has 0 radical (unpaired) electrons. The average molecular weight is 531 g/mol. The Morgan fingerprint density at radius 1 is 1.13 bits per heavy atom. The number of carbonyl (C=O) groups is 2. The Morgan fingerprint density at radius 2 is 1.90 bits per heavy atom. The molecule has 0 unspecified atom stereocenters. The fourth-order valence-electron chi connectivity index (χ4n) is 4.11. The van der Waals surface area contributed by atoms with Crippen LogP contribution in [0, 0.1) is 18.2 Å².